The van der Waals surface area contributed by atoms with E-state index in [9.17, 15) is 13.2 Å². The lowest BCUT2D eigenvalue weighted by Crippen LogP contribution is -2.13. The number of halogens is 3. The van der Waals surface area contributed by atoms with Crippen LogP contribution in [0.5, 0.6) is 0 Å². The van der Waals surface area contributed by atoms with Crippen LogP contribution in [0.15, 0.2) is 36.5 Å². The zero-order chi connectivity index (χ0) is 13.9. The molecule has 2 rings (SSSR count). The lowest BCUT2D eigenvalue weighted by molar-refractivity contribution is -0.136. The first-order valence-corrected chi connectivity index (χ1v) is 5.85. The number of hydrogen-bond donors (Lipinski definition) is 1. The molecule has 1 aromatic heterocycles. The molecule has 3 nitrogen and oxygen atoms in total. The summed E-state index contributed by atoms with van der Waals surface area (Å²) in [5, 5.41) is 6.83. The quantitative estimate of drug-likeness (QED) is 0.924. The van der Waals surface area contributed by atoms with Crippen molar-refractivity contribution in [2.24, 2.45) is 7.05 Å². The van der Waals surface area contributed by atoms with Crippen LogP contribution in [0.25, 0.3) is 0 Å². The van der Waals surface area contributed by atoms with Crippen LogP contribution in [0.4, 0.5) is 18.9 Å². The van der Waals surface area contributed by atoms with Gasteiger partial charge in [0.2, 0.25) is 0 Å². The Kier molecular flexibility index (Phi) is 3.78. The maximum absolute atomic E-state index is 12.8. The van der Waals surface area contributed by atoms with Gasteiger partial charge in [-0.1, -0.05) is 12.1 Å². The molecule has 0 radical (unpaired) electrons. The van der Waals surface area contributed by atoms with E-state index in [1.165, 1.54) is 12.1 Å². The van der Waals surface area contributed by atoms with Crippen molar-refractivity contribution in [1.82, 2.24) is 9.78 Å². The van der Waals surface area contributed by atoms with Crippen molar-refractivity contribution >= 4 is 5.69 Å². The molecule has 0 aliphatic rings. The highest BCUT2D eigenvalue weighted by atomic mass is 19.4. The molecule has 2 aromatic rings. The van der Waals surface area contributed by atoms with Gasteiger partial charge in [-0.2, -0.15) is 18.3 Å². The summed E-state index contributed by atoms with van der Waals surface area (Å²) in [4.78, 5) is 0. The number of rotatable bonds is 4. The fourth-order valence-electron chi connectivity index (χ4n) is 1.86. The zero-order valence-electron chi connectivity index (χ0n) is 10.4. The smallest absolute Gasteiger partial charge is 0.384 e. The van der Waals surface area contributed by atoms with Crippen molar-refractivity contribution in [3.8, 4) is 0 Å². The second-order valence-corrected chi connectivity index (χ2v) is 4.17. The van der Waals surface area contributed by atoms with Crippen molar-refractivity contribution in [2.45, 2.75) is 12.6 Å². The van der Waals surface area contributed by atoms with Crippen molar-refractivity contribution in [2.75, 3.05) is 11.9 Å². The van der Waals surface area contributed by atoms with E-state index in [0.29, 0.717) is 13.0 Å². The molecule has 1 aromatic carbocycles. The SMILES string of the molecule is Cn1nccc1CCNc1ccccc1C(F)(F)F. The van der Waals surface area contributed by atoms with Gasteiger partial charge >= 0.3 is 6.18 Å². The Hall–Kier alpha value is -1.98. The monoisotopic (exact) mass is 269 g/mol. The summed E-state index contributed by atoms with van der Waals surface area (Å²) in [7, 11) is 1.80. The molecule has 6 heteroatoms. The van der Waals surface area contributed by atoms with Gasteiger partial charge in [-0.15, -0.1) is 0 Å². The van der Waals surface area contributed by atoms with E-state index in [1.807, 2.05) is 6.07 Å². The fraction of sp³-hybridized carbons (Fsp3) is 0.308. The van der Waals surface area contributed by atoms with Gasteiger partial charge in [-0.05, 0) is 18.2 Å². The number of aryl methyl sites for hydroxylation is 1. The Morgan fingerprint density at radius 3 is 2.58 bits per heavy atom. The molecular formula is C13H14F3N3. The van der Waals surface area contributed by atoms with Crippen molar-refractivity contribution < 1.29 is 13.2 Å². The van der Waals surface area contributed by atoms with Gasteiger partial charge in [0.25, 0.3) is 0 Å². The first kappa shape index (κ1) is 13.5. The Morgan fingerprint density at radius 2 is 1.95 bits per heavy atom. The zero-order valence-corrected chi connectivity index (χ0v) is 10.4. The van der Waals surface area contributed by atoms with Gasteiger partial charge in [0.05, 0.1) is 5.56 Å². The first-order valence-electron chi connectivity index (χ1n) is 5.85. The molecule has 1 heterocycles. The number of para-hydroxylation sites is 1. The summed E-state index contributed by atoms with van der Waals surface area (Å²) in [5.74, 6) is 0. The summed E-state index contributed by atoms with van der Waals surface area (Å²) < 4.78 is 40.0. The molecule has 0 aliphatic heterocycles. The van der Waals surface area contributed by atoms with E-state index in [1.54, 1.807) is 24.0 Å². The van der Waals surface area contributed by atoms with Crippen LogP contribution in [0.2, 0.25) is 0 Å². The lowest BCUT2D eigenvalue weighted by Gasteiger charge is -2.14. The third-order valence-electron chi connectivity index (χ3n) is 2.85. The van der Waals surface area contributed by atoms with E-state index in [4.69, 9.17) is 0 Å². The van der Waals surface area contributed by atoms with E-state index >= 15 is 0 Å². The number of alkyl halides is 3. The van der Waals surface area contributed by atoms with Gasteiger partial charge in [0.15, 0.2) is 0 Å². The molecule has 102 valence electrons. The Morgan fingerprint density at radius 1 is 1.21 bits per heavy atom. The summed E-state index contributed by atoms with van der Waals surface area (Å²) in [5.41, 5.74) is 0.439. The summed E-state index contributed by atoms with van der Waals surface area (Å²) in [6, 6.07) is 7.33. The number of benzene rings is 1. The van der Waals surface area contributed by atoms with E-state index in [0.717, 1.165) is 11.8 Å². The molecule has 1 N–H and O–H groups in total. The van der Waals surface area contributed by atoms with Crippen LogP contribution >= 0.6 is 0 Å². The van der Waals surface area contributed by atoms with Crippen molar-refractivity contribution in [3.05, 3.63) is 47.8 Å². The second-order valence-electron chi connectivity index (χ2n) is 4.17. The molecule has 0 saturated heterocycles. The van der Waals surface area contributed by atoms with Crippen molar-refractivity contribution in [1.29, 1.82) is 0 Å². The van der Waals surface area contributed by atoms with Crippen molar-refractivity contribution in [3.63, 3.8) is 0 Å². The topological polar surface area (TPSA) is 29.9 Å². The number of nitrogens with one attached hydrogen (secondary N) is 1. The van der Waals surface area contributed by atoms with Gasteiger partial charge in [-0.25, -0.2) is 0 Å². The summed E-state index contributed by atoms with van der Waals surface area (Å²) in [6.45, 7) is 0.423. The Labute approximate surface area is 109 Å². The number of anilines is 1. The molecular weight excluding hydrogens is 255 g/mol. The van der Waals surface area contributed by atoms with Crippen LogP contribution in [0, 0.1) is 0 Å². The molecule has 0 atom stereocenters. The fourth-order valence-corrected chi connectivity index (χ4v) is 1.86. The molecule has 0 bridgehead atoms. The van der Waals surface area contributed by atoms with Gasteiger partial charge < -0.3 is 5.32 Å². The highest BCUT2D eigenvalue weighted by Crippen LogP contribution is 2.34. The first-order chi connectivity index (χ1) is 8.98. The Balaban J connectivity index is 2.02. The van der Waals surface area contributed by atoms with Crippen LogP contribution in [0.3, 0.4) is 0 Å². The normalized spacial score (nSPS) is 11.6. The summed E-state index contributed by atoms with van der Waals surface area (Å²) in [6.07, 6.45) is -2.06. The average Bonchev–Trinajstić information content (AvgIpc) is 2.75. The summed E-state index contributed by atoms with van der Waals surface area (Å²) >= 11 is 0. The predicted molar refractivity (Wildman–Crippen MR) is 66.8 cm³/mol. The molecule has 0 saturated carbocycles. The minimum absolute atomic E-state index is 0.108. The maximum Gasteiger partial charge on any atom is 0.418 e. The van der Waals surface area contributed by atoms with Crippen LogP contribution < -0.4 is 5.32 Å². The minimum atomic E-state index is -4.34. The van der Waals surface area contributed by atoms with Crippen LogP contribution in [-0.2, 0) is 19.6 Å². The maximum atomic E-state index is 12.8. The van der Waals surface area contributed by atoms with E-state index in [2.05, 4.69) is 10.4 Å². The Bertz CT molecular complexity index is 546. The van der Waals surface area contributed by atoms with E-state index < -0.39 is 11.7 Å². The number of aromatic nitrogens is 2. The lowest BCUT2D eigenvalue weighted by atomic mass is 10.1. The third kappa shape index (κ3) is 3.27. The van der Waals surface area contributed by atoms with Gasteiger partial charge in [-0.3, -0.25) is 4.68 Å². The molecule has 0 aliphatic carbocycles. The minimum Gasteiger partial charge on any atom is -0.384 e. The highest BCUT2D eigenvalue weighted by Gasteiger charge is 2.32. The largest absolute Gasteiger partial charge is 0.418 e. The standard InChI is InChI=1S/C13H14F3N3/c1-19-10(7-9-18-19)6-8-17-12-5-3-2-4-11(12)13(14,15)16/h2-5,7,9,17H,6,8H2,1H3. The molecule has 0 spiro atoms. The molecule has 0 unspecified atom stereocenters. The van der Waals surface area contributed by atoms with Gasteiger partial charge in [0.1, 0.15) is 0 Å². The second kappa shape index (κ2) is 5.34. The molecule has 0 amide bonds. The van der Waals surface area contributed by atoms with E-state index in [-0.39, 0.29) is 5.69 Å². The van der Waals surface area contributed by atoms with Crippen LogP contribution in [0.1, 0.15) is 11.3 Å². The number of nitrogens with zero attached hydrogens (tertiary/aromatic N) is 2. The van der Waals surface area contributed by atoms with Crippen LogP contribution in [-0.4, -0.2) is 16.3 Å². The predicted octanol–water partition coefficient (Wildman–Crippen LogP) is 3.09. The highest BCUT2D eigenvalue weighted by molar-refractivity contribution is 5.52. The molecule has 19 heavy (non-hydrogen) atoms. The average molecular weight is 269 g/mol. The molecule has 0 fully saturated rings. The van der Waals surface area contributed by atoms with Gasteiger partial charge in [0, 0.05) is 37.6 Å². The number of hydrogen-bond acceptors (Lipinski definition) is 2. The third-order valence-corrected chi connectivity index (χ3v) is 2.85.